The van der Waals surface area contributed by atoms with Gasteiger partial charge in [-0.2, -0.15) is 9.97 Å². The van der Waals surface area contributed by atoms with E-state index < -0.39 is 0 Å². The number of rotatable bonds is 12. The highest BCUT2D eigenvalue weighted by Gasteiger charge is 2.18. The summed E-state index contributed by atoms with van der Waals surface area (Å²) in [6, 6.07) is 8.26. The summed E-state index contributed by atoms with van der Waals surface area (Å²) in [7, 11) is 3.40. The smallest absolute Gasteiger partial charge is 0.305 e. The average Bonchev–Trinajstić information content (AvgIpc) is 3.25. The number of imidazole rings is 1. The van der Waals surface area contributed by atoms with E-state index in [4.69, 9.17) is 9.72 Å². The molecule has 3 aromatic rings. The Bertz CT molecular complexity index is 1090. The summed E-state index contributed by atoms with van der Waals surface area (Å²) >= 11 is 0. The van der Waals surface area contributed by atoms with Crippen LogP contribution in [0.2, 0.25) is 0 Å². The number of methoxy groups -OCH3 is 1. The Balaban J connectivity index is 1.30. The summed E-state index contributed by atoms with van der Waals surface area (Å²) in [5.74, 6) is 2.04. The summed E-state index contributed by atoms with van der Waals surface area (Å²) in [6.07, 6.45) is 12.3. The van der Waals surface area contributed by atoms with Crippen LogP contribution in [0.15, 0.2) is 30.6 Å². The predicted molar refractivity (Wildman–Crippen MR) is 137 cm³/mol. The van der Waals surface area contributed by atoms with Gasteiger partial charge < -0.3 is 24.7 Å². The van der Waals surface area contributed by atoms with E-state index >= 15 is 0 Å². The van der Waals surface area contributed by atoms with Crippen molar-refractivity contribution in [3.05, 3.63) is 30.6 Å². The number of hydrogen-bond acceptors (Lipinski definition) is 8. The lowest BCUT2D eigenvalue weighted by molar-refractivity contribution is -0.140. The monoisotopic (exact) mass is 480 g/mol. The number of carbonyl (C=O) groups is 1. The van der Waals surface area contributed by atoms with Crippen LogP contribution in [-0.4, -0.2) is 45.2 Å². The van der Waals surface area contributed by atoms with Crippen LogP contribution in [0.25, 0.3) is 11.2 Å². The molecule has 4 rings (SSSR count). The number of ether oxygens (including phenoxy) is 2. The molecule has 1 aliphatic rings. The molecule has 35 heavy (non-hydrogen) atoms. The molecule has 2 N–H and O–H groups in total. The van der Waals surface area contributed by atoms with Gasteiger partial charge >= 0.3 is 5.97 Å². The third-order valence-electron chi connectivity index (χ3n) is 6.40. The van der Waals surface area contributed by atoms with E-state index in [2.05, 4.69) is 25.3 Å². The number of anilines is 3. The Morgan fingerprint density at radius 3 is 2.60 bits per heavy atom. The maximum Gasteiger partial charge on any atom is 0.305 e. The standard InChI is InChI=1S/C26H36N6O3/c1-32-18-27-24-23(32)25(28-19-10-6-5-7-11-19)31-26(30-24)29-20-13-15-21(16-14-20)35-17-9-4-3-8-12-22(33)34-2/h13-16,18-19H,3-12,17H2,1-2H3,(H2,28,29,30,31). The van der Waals surface area contributed by atoms with Gasteiger partial charge in [0.25, 0.3) is 0 Å². The Hall–Kier alpha value is -3.36. The van der Waals surface area contributed by atoms with Gasteiger partial charge in [0.05, 0.1) is 20.0 Å². The van der Waals surface area contributed by atoms with Crippen molar-refractivity contribution in [3.8, 4) is 5.75 Å². The Morgan fingerprint density at radius 2 is 1.83 bits per heavy atom. The van der Waals surface area contributed by atoms with Gasteiger partial charge in [-0.15, -0.1) is 0 Å². The average molecular weight is 481 g/mol. The molecule has 2 aromatic heterocycles. The molecule has 0 spiro atoms. The van der Waals surface area contributed by atoms with Crippen LogP contribution in [0.5, 0.6) is 5.75 Å². The van der Waals surface area contributed by atoms with Crippen LogP contribution in [0.3, 0.4) is 0 Å². The van der Waals surface area contributed by atoms with Crippen LogP contribution in [-0.2, 0) is 16.6 Å². The van der Waals surface area contributed by atoms with Gasteiger partial charge in [-0.3, -0.25) is 4.79 Å². The molecule has 1 saturated carbocycles. The number of aromatic nitrogens is 4. The second-order valence-electron chi connectivity index (χ2n) is 9.14. The number of nitrogens with zero attached hydrogens (tertiary/aromatic N) is 4. The fraction of sp³-hybridized carbons (Fsp3) is 0.538. The van der Waals surface area contributed by atoms with Crippen molar-refractivity contribution in [1.29, 1.82) is 0 Å². The maximum absolute atomic E-state index is 11.1. The van der Waals surface area contributed by atoms with E-state index in [9.17, 15) is 4.79 Å². The van der Waals surface area contributed by atoms with Gasteiger partial charge in [0.1, 0.15) is 11.3 Å². The molecule has 0 unspecified atom stereocenters. The molecule has 9 nitrogen and oxygen atoms in total. The van der Waals surface area contributed by atoms with Gasteiger partial charge in [0.15, 0.2) is 11.5 Å². The molecular weight excluding hydrogens is 444 g/mol. The molecule has 0 radical (unpaired) electrons. The fourth-order valence-electron chi connectivity index (χ4n) is 4.43. The first kappa shape index (κ1) is 24.8. The maximum atomic E-state index is 11.1. The molecule has 9 heteroatoms. The fourth-order valence-corrected chi connectivity index (χ4v) is 4.43. The summed E-state index contributed by atoms with van der Waals surface area (Å²) in [5.41, 5.74) is 2.49. The van der Waals surface area contributed by atoms with Crippen LogP contribution in [0, 0.1) is 0 Å². The molecular formula is C26H36N6O3. The normalized spacial score (nSPS) is 14.1. The zero-order valence-electron chi connectivity index (χ0n) is 20.8. The zero-order valence-corrected chi connectivity index (χ0v) is 20.8. The SMILES string of the molecule is COC(=O)CCCCCCOc1ccc(Nc2nc(NC3CCCCC3)c3c(ncn3C)n2)cc1. The van der Waals surface area contributed by atoms with Gasteiger partial charge in [-0.1, -0.05) is 32.1 Å². The molecule has 1 fully saturated rings. The first-order valence-corrected chi connectivity index (χ1v) is 12.6. The Kier molecular flexibility index (Phi) is 8.75. The number of nitrogens with one attached hydrogen (secondary N) is 2. The number of carbonyl (C=O) groups excluding carboxylic acids is 1. The molecule has 188 valence electrons. The largest absolute Gasteiger partial charge is 0.494 e. The summed E-state index contributed by atoms with van der Waals surface area (Å²) in [5, 5.41) is 6.95. The van der Waals surface area contributed by atoms with Gasteiger partial charge in [0, 0.05) is 25.2 Å². The number of unbranched alkanes of at least 4 members (excludes halogenated alkanes) is 3. The van der Waals surface area contributed by atoms with Gasteiger partial charge in [-0.25, -0.2) is 4.98 Å². The van der Waals surface area contributed by atoms with Crippen molar-refractivity contribution in [3.63, 3.8) is 0 Å². The van der Waals surface area contributed by atoms with Crippen molar-refractivity contribution >= 4 is 34.6 Å². The highest BCUT2D eigenvalue weighted by molar-refractivity contribution is 5.85. The molecule has 0 saturated heterocycles. The van der Waals surface area contributed by atoms with E-state index in [1.807, 2.05) is 35.9 Å². The second-order valence-corrected chi connectivity index (χ2v) is 9.14. The minimum atomic E-state index is -0.142. The van der Waals surface area contributed by atoms with Crippen molar-refractivity contribution < 1.29 is 14.3 Å². The second kappa shape index (κ2) is 12.4. The van der Waals surface area contributed by atoms with Crippen molar-refractivity contribution in [2.24, 2.45) is 7.05 Å². The molecule has 0 aliphatic heterocycles. The van der Waals surface area contributed by atoms with Gasteiger partial charge in [-0.05, 0) is 49.9 Å². The first-order chi connectivity index (χ1) is 17.1. The molecule has 1 aromatic carbocycles. The minimum absolute atomic E-state index is 0.142. The lowest BCUT2D eigenvalue weighted by Gasteiger charge is -2.23. The quantitative estimate of drug-likeness (QED) is 0.264. The highest BCUT2D eigenvalue weighted by atomic mass is 16.5. The van der Waals surface area contributed by atoms with E-state index in [0.29, 0.717) is 30.7 Å². The molecule has 1 aliphatic carbocycles. The highest BCUT2D eigenvalue weighted by Crippen LogP contribution is 2.27. The third-order valence-corrected chi connectivity index (χ3v) is 6.40. The molecule has 0 bridgehead atoms. The van der Waals surface area contributed by atoms with Gasteiger partial charge in [0.2, 0.25) is 5.95 Å². The summed E-state index contributed by atoms with van der Waals surface area (Å²) in [4.78, 5) is 25.0. The van der Waals surface area contributed by atoms with E-state index in [-0.39, 0.29) is 5.97 Å². The number of hydrogen-bond donors (Lipinski definition) is 2. The zero-order chi connectivity index (χ0) is 24.5. The lowest BCUT2D eigenvalue weighted by Crippen LogP contribution is -2.23. The van der Waals surface area contributed by atoms with Crippen molar-refractivity contribution in [2.75, 3.05) is 24.4 Å². The van der Waals surface area contributed by atoms with Crippen LogP contribution in [0.4, 0.5) is 17.5 Å². The minimum Gasteiger partial charge on any atom is -0.494 e. The topological polar surface area (TPSA) is 103 Å². The molecule has 2 heterocycles. The lowest BCUT2D eigenvalue weighted by atomic mass is 9.95. The summed E-state index contributed by atoms with van der Waals surface area (Å²) < 4.78 is 12.5. The van der Waals surface area contributed by atoms with E-state index in [1.165, 1.54) is 39.2 Å². The van der Waals surface area contributed by atoms with Crippen LogP contribution >= 0.6 is 0 Å². The Morgan fingerprint density at radius 1 is 1.06 bits per heavy atom. The number of benzene rings is 1. The Labute approximate surface area is 206 Å². The van der Waals surface area contributed by atoms with Crippen molar-refractivity contribution in [2.45, 2.75) is 70.3 Å². The molecule has 0 atom stereocenters. The molecule has 0 amide bonds. The van der Waals surface area contributed by atoms with Crippen LogP contribution in [0.1, 0.15) is 64.2 Å². The number of fused-ring (bicyclic) bond motifs is 1. The number of aryl methyl sites for hydroxylation is 1. The first-order valence-electron chi connectivity index (χ1n) is 12.6. The van der Waals surface area contributed by atoms with E-state index in [1.54, 1.807) is 6.33 Å². The predicted octanol–water partition coefficient (Wildman–Crippen LogP) is 5.35. The summed E-state index contributed by atoms with van der Waals surface area (Å²) in [6.45, 7) is 0.653. The van der Waals surface area contributed by atoms with E-state index in [0.717, 1.165) is 48.5 Å². The number of esters is 1. The third kappa shape index (κ3) is 7.07. The van der Waals surface area contributed by atoms with Crippen molar-refractivity contribution in [1.82, 2.24) is 19.5 Å². The van der Waals surface area contributed by atoms with Crippen LogP contribution < -0.4 is 15.4 Å².